The number of anilines is 1. The molecule has 1 aliphatic rings. The largest absolute Gasteiger partial charge is 0.355 e. The summed E-state index contributed by atoms with van der Waals surface area (Å²) >= 11 is 0. The highest BCUT2D eigenvalue weighted by Gasteiger charge is 2.36. The van der Waals surface area contributed by atoms with Gasteiger partial charge in [0, 0.05) is 24.7 Å². The number of nitrogens with zero attached hydrogens (tertiary/aromatic N) is 1. The highest BCUT2D eigenvalue weighted by Crippen LogP contribution is 2.32. The second kappa shape index (κ2) is 7.13. The fraction of sp³-hybridized carbons (Fsp3) is 0.200. The summed E-state index contributed by atoms with van der Waals surface area (Å²) in [5.74, 6) is -0.296. The molecule has 2 amide bonds. The van der Waals surface area contributed by atoms with Crippen molar-refractivity contribution in [1.29, 1.82) is 0 Å². The van der Waals surface area contributed by atoms with E-state index < -0.39 is 6.04 Å². The number of carbonyl (C=O) groups excluding carboxylic acids is 2. The first-order valence-electron chi connectivity index (χ1n) is 8.12. The van der Waals surface area contributed by atoms with Gasteiger partial charge in [-0.05, 0) is 30.2 Å². The summed E-state index contributed by atoms with van der Waals surface area (Å²) in [6.07, 6.45) is 3.86. The van der Waals surface area contributed by atoms with Crippen LogP contribution in [0.5, 0.6) is 0 Å². The molecule has 1 unspecified atom stereocenters. The van der Waals surface area contributed by atoms with E-state index in [9.17, 15) is 9.59 Å². The van der Waals surface area contributed by atoms with Crippen LogP contribution in [0.2, 0.25) is 0 Å². The van der Waals surface area contributed by atoms with E-state index in [0.717, 1.165) is 16.8 Å². The maximum absolute atomic E-state index is 12.8. The van der Waals surface area contributed by atoms with Gasteiger partial charge in [-0.3, -0.25) is 14.5 Å². The second-order valence-electron chi connectivity index (χ2n) is 5.70. The van der Waals surface area contributed by atoms with Gasteiger partial charge in [0.05, 0.1) is 0 Å². The molecule has 0 bridgehead atoms. The first-order chi connectivity index (χ1) is 11.7. The Balaban J connectivity index is 1.88. The van der Waals surface area contributed by atoms with E-state index >= 15 is 0 Å². The highest BCUT2D eigenvalue weighted by atomic mass is 16.2. The van der Waals surface area contributed by atoms with Crippen molar-refractivity contribution in [2.75, 3.05) is 11.4 Å². The van der Waals surface area contributed by atoms with Crippen LogP contribution in [0.1, 0.15) is 18.1 Å². The lowest BCUT2D eigenvalue weighted by atomic mass is 10.1. The van der Waals surface area contributed by atoms with E-state index in [4.69, 9.17) is 0 Å². The molecule has 0 fully saturated rings. The van der Waals surface area contributed by atoms with Crippen molar-refractivity contribution in [2.24, 2.45) is 0 Å². The van der Waals surface area contributed by atoms with Gasteiger partial charge in [0.2, 0.25) is 5.91 Å². The molecule has 4 heteroatoms. The average Bonchev–Trinajstić information content (AvgIpc) is 3.00. The van der Waals surface area contributed by atoms with Crippen molar-refractivity contribution in [3.63, 3.8) is 0 Å². The Morgan fingerprint density at radius 3 is 2.58 bits per heavy atom. The molecule has 0 aromatic heterocycles. The van der Waals surface area contributed by atoms with Crippen molar-refractivity contribution in [3.8, 4) is 0 Å². The number of hydrogen-bond acceptors (Lipinski definition) is 2. The van der Waals surface area contributed by atoms with Crippen molar-refractivity contribution in [1.82, 2.24) is 5.32 Å². The number of carbonyl (C=O) groups is 2. The third-order valence-corrected chi connectivity index (χ3v) is 4.09. The lowest BCUT2D eigenvalue weighted by molar-refractivity contribution is -0.124. The van der Waals surface area contributed by atoms with Crippen LogP contribution in [-0.2, 0) is 16.0 Å². The molecular weight excluding hydrogens is 300 g/mol. The van der Waals surface area contributed by atoms with Crippen LogP contribution in [0.25, 0.3) is 6.08 Å². The van der Waals surface area contributed by atoms with Gasteiger partial charge in [-0.1, -0.05) is 48.5 Å². The van der Waals surface area contributed by atoms with Gasteiger partial charge in [-0.2, -0.15) is 0 Å². The molecule has 4 nitrogen and oxygen atoms in total. The number of para-hydroxylation sites is 1. The molecule has 2 aromatic rings. The number of nitrogens with one attached hydrogen (secondary N) is 1. The summed E-state index contributed by atoms with van der Waals surface area (Å²) in [6, 6.07) is 16.8. The molecule has 1 atom stereocenters. The standard InChI is InChI=1S/C20H20N2O2/c1-2-21-20(24)18-14-16-10-6-7-11-17(16)22(18)19(23)13-12-15-8-4-3-5-9-15/h3-13,18H,2,14H2,1H3,(H,21,24). The smallest absolute Gasteiger partial charge is 0.251 e. The SMILES string of the molecule is CCNC(=O)C1Cc2ccccc2N1C(=O)C=Cc1ccccc1. The molecule has 0 saturated heterocycles. The predicted octanol–water partition coefficient (Wildman–Crippen LogP) is 2.79. The average molecular weight is 320 g/mol. The summed E-state index contributed by atoms with van der Waals surface area (Å²) in [5, 5.41) is 2.82. The molecule has 3 rings (SSSR count). The van der Waals surface area contributed by atoms with E-state index in [0.29, 0.717) is 13.0 Å². The van der Waals surface area contributed by atoms with Crippen LogP contribution in [-0.4, -0.2) is 24.4 Å². The molecule has 2 aromatic carbocycles. The summed E-state index contributed by atoms with van der Waals surface area (Å²) in [6.45, 7) is 2.43. The van der Waals surface area contributed by atoms with Gasteiger partial charge in [0.15, 0.2) is 0 Å². The fourth-order valence-electron chi connectivity index (χ4n) is 2.97. The molecule has 0 spiro atoms. The van der Waals surface area contributed by atoms with E-state index in [-0.39, 0.29) is 11.8 Å². The molecule has 0 radical (unpaired) electrons. The van der Waals surface area contributed by atoms with E-state index in [2.05, 4.69) is 5.32 Å². The Morgan fingerprint density at radius 1 is 1.12 bits per heavy atom. The summed E-state index contributed by atoms with van der Waals surface area (Å²) in [4.78, 5) is 26.7. The van der Waals surface area contributed by atoms with E-state index in [1.54, 1.807) is 11.0 Å². The van der Waals surface area contributed by atoms with Crippen molar-refractivity contribution in [2.45, 2.75) is 19.4 Å². The van der Waals surface area contributed by atoms with Crippen LogP contribution >= 0.6 is 0 Å². The number of rotatable bonds is 4. The zero-order valence-corrected chi connectivity index (χ0v) is 13.6. The molecule has 1 aliphatic heterocycles. The maximum atomic E-state index is 12.8. The number of benzene rings is 2. The van der Waals surface area contributed by atoms with Crippen LogP contribution in [0, 0.1) is 0 Å². The van der Waals surface area contributed by atoms with Crippen molar-refractivity contribution < 1.29 is 9.59 Å². The van der Waals surface area contributed by atoms with Gasteiger partial charge < -0.3 is 5.32 Å². The molecule has 0 aliphatic carbocycles. The van der Waals surface area contributed by atoms with Crippen LogP contribution in [0.3, 0.4) is 0 Å². The zero-order chi connectivity index (χ0) is 16.9. The lowest BCUT2D eigenvalue weighted by Gasteiger charge is -2.23. The van der Waals surface area contributed by atoms with Crippen LogP contribution in [0.4, 0.5) is 5.69 Å². The molecule has 0 saturated carbocycles. The van der Waals surface area contributed by atoms with Crippen LogP contribution in [0.15, 0.2) is 60.7 Å². The lowest BCUT2D eigenvalue weighted by Crippen LogP contribution is -2.47. The third-order valence-electron chi connectivity index (χ3n) is 4.09. The minimum Gasteiger partial charge on any atom is -0.355 e. The van der Waals surface area contributed by atoms with E-state index in [1.807, 2.05) is 61.5 Å². The Bertz CT molecular complexity index is 768. The van der Waals surface area contributed by atoms with Gasteiger partial charge in [0.25, 0.3) is 5.91 Å². The molecule has 1 heterocycles. The Kier molecular flexibility index (Phi) is 4.75. The normalized spacial score (nSPS) is 16.2. The molecule has 24 heavy (non-hydrogen) atoms. The Labute approximate surface area is 141 Å². The van der Waals surface area contributed by atoms with E-state index in [1.165, 1.54) is 6.08 Å². The quantitative estimate of drug-likeness (QED) is 0.881. The summed E-state index contributed by atoms with van der Waals surface area (Å²) in [7, 11) is 0. The zero-order valence-electron chi connectivity index (χ0n) is 13.6. The summed E-state index contributed by atoms with van der Waals surface area (Å²) < 4.78 is 0. The van der Waals surface area contributed by atoms with Gasteiger partial charge in [-0.15, -0.1) is 0 Å². The minimum absolute atomic E-state index is 0.116. The number of fused-ring (bicyclic) bond motifs is 1. The monoisotopic (exact) mass is 320 g/mol. The van der Waals surface area contributed by atoms with Crippen LogP contribution < -0.4 is 10.2 Å². The Morgan fingerprint density at radius 2 is 1.83 bits per heavy atom. The van der Waals surface area contributed by atoms with Gasteiger partial charge in [0.1, 0.15) is 6.04 Å². The second-order valence-corrected chi connectivity index (χ2v) is 5.70. The molecule has 1 N–H and O–H groups in total. The fourth-order valence-corrected chi connectivity index (χ4v) is 2.97. The summed E-state index contributed by atoms with van der Waals surface area (Å²) in [5.41, 5.74) is 2.79. The van der Waals surface area contributed by atoms with Gasteiger partial charge in [-0.25, -0.2) is 0 Å². The Hall–Kier alpha value is -2.88. The first-order valence-corrected chi connectivity index (χ1v) is 8.12. The minimum atomic E-state index is -0.490. The number of hydrogen-bond donors (Lipinski definition) is 1. The molecule has 122 valence electrons. The third kappa shape index (κ3) is 3.23. The highest BCUT2D eigenvalue weighted by molar-refractivity contribution is 6.09. The van der Waals surface area contributed by atoms with Gasteiger partial charge >= 0.3 is 0 Å². The first kappa shape index (κ1) is 16.0. The number of amides is 2. The van der Waals surface area contributed by atoms with Crippen molar-refractivity contribution >= 4 is 23.6 Å². The number of likely N-dealkylation sites (N-methyl/N-ethyl adjacent to an activating group) is 1. The predicted molar refractivity (Wildman–Crippen MR) is 95.6 cm³/mol. The molecular formula is C20H20N2O2. The topological polar surface area (TPSA) is 49.4 Å². The maximum Gasteiger partial charge on any atom is 0.251 e. The van der Waals surface area contributed by atoms with Crippen molar-refractivity contribution in [3.05, 3.63) is 71.8 Å².